The van der Waals surface area contributed by atoms with Gasteiger partial charge in [-0.1, -0.05) is 273 Å². The normalized spacial score (nSPS) is 12.6. The van der Waals surface area contributed by atoms with E-state index in [9.17, 15) is 0 Å². The van der Waals surface area contributed by atoms with Crippen molar-refractivity contribution in [3.63, 3.8) is 0 Å². The van der Waals surface area contributed by atoms with Crippen LogP contribution in [0, 0.1) is 0 Å². The Morgan fingerprint density at radius 3 is 1.33 bits per heavy atom. The molecule has 450 valence electrons. The van der Waals surface area contributed by atoms with Crippen LogP contribution < -0.4 is 0 Å². The molecular weight excluding hydrogens is 1180 g/mol. The van der Waals surface area contributed by atoms with Crippen molar-refractivity contribution in [2.24, 2.45) is 0 Å². The Labute approximate surface area is 559 Å². The molecule has 0 bridgehead atoms. The van der Waals surface area contributed by atoms with Crippen LogP contribution in [-0.4, -0.2) is 34.1 Å². The minimum Gasteiger partial charge on any atom is -0.309 e. The lowest BCUT2D eigenvalue weighted by Crippen LogP contribution is -2.25. The second-order valence-electron chi connectivity index (χ2n) is 25.4. The number of fused-ring (bicyclic) bond motifs is 17. The summed E-state index contributed by atoms with van der Waals surface area (Å²) in [6.45, 7) is 0. The van der Waals surface area contributed by atoms with Gasteiger partial charge in [0.2, 0.25) is 5.95 Å². The number of nitrogens with zero attached hydrogens (tertiary/aromatic N) is 7. The molecular formula is C90H55N7. The lowest BCUT2D eigenvalue weighted by molar-refractivity contribution is 0.794. The van der Waals surface area contributed by atoms with Gasteiger partial charge in [0.05, 0.1) is 38.7 Å². The smallest absolute Gasteiger partial charge is 0.235 e. The predicted octanol–water partition coefficient (Wildman–Crippen LogP) is 22.0. The molecule has 0 unspecified atom stereocenters. The largest absolute Gasteiger partial charge is 0.309 e. The molecule has 1 spiro atoms. The first-order valence-electron chi connectivity index (χ1n) is 33.0. The van der Waals surface area contributed by atoms with E-state index in [4.69, 9.17) is 24.9 Å². The zero-order valence-corrected chi connectivity index (χ0v) is 52.4. The van der Waals surface area contributed by atoms with Crippen LogP contribution in [0.15, 0.2) is 334 Å². The van der Waals surface area contributed by atoms with E-state index in [1.807, 2.05) is 18.2 Å². The van der Waals surface area contributed by atoms with Gasteiger partial charge < -0.3 is 4.57 Å². The van der Waals surface area contributed by atoms with E-state index in [0.717, 1.165) is 111 Å². The molecule has 0 saturated carbocycles. The zero-order chi connectivity index (χ0) is 63.7. The Balaban J connectivity index is 0.648. The lowest BCUT2D eigenvalue weighted by atomic mass is 9.70. The van der Waals surface area contributed by atoms with Gasteiger partial charge in [-0.3, -0.25) is 4.57 Å². The highest BCUT2D eigenvalue weighted by molar-refractivity contribution is 6.13. The van der Waals surface area contributed by atoms with Gasteiger partial charge in [-0.15, -0.1) is 0 Å². The summed E-state index contributed by atoms with van der Waals surface area (Å²) in [5, 5.41) is 5.67. The number of benzene rings is 14. The topological polar surface area (TPSA) is 74.3 Å². The molecule has 0 N–H and O–H groups in total. The van der Waals surface area contributed by atoms with Crippen LogP contribution in [0.25, 0.3) is 167 Å². The average molecular weight is 1230 g/mol. The Kier molecular flexibility index (Phi) is 12.1. The fourth-order valence-electron chi connectivity index (χ4n) is 15.9. The maximum Gasteiger partial charge on any atom is 0.235 e. The van der Waals surface area contributed by atoms with Gasteiger partial charge in [-0.05, 0) is 139 Å². The fourth-order valence-corrected chi connectivity index (χ4v) is 15.9. The number of para-hydroxylation sites is 3. The van der Waals surface area contributed by atoms with Crippen LogP contribution in [0.5, 0.6) is 0 Å². The van der Waals surface area contributed by atoms with Crippen molar-refractivity contribution < 1.29 is 0 Å². The Morgan fingerprint density at radius 1 is 0.227 bits per heavy atom. The molecule has 4 aromatic heterocycles. The third-order valence-corrected chi connectivity index (χ3v) is 20.2. The molecule has 0 aliphatic heterocycles. The van der Waals surface area contributed by atoms with Gasteiger partial charge in [0.15, 0.2) is 17.5 Å². The highest BCUT2D eigenvalue weighted by atomic mass is 15.2. The minimum absolute atomic E-state index is 0.493. The maximum absolute atomic E-state index is 5.45. The Bertz CT molecular complexity index is 6200. The Hall–Kier alpha value is -13.0. The van der Waals surface area contributed by atoms with Crippen LogP contribution in [-0.2, 0) is 5.41 Å². The van der Waals surface area contributed by atoms with Crippen molar-refractivity contribution in [2.45, 2.75) is 5.41 Å². The monoisotopic (exact) mass is 1230 g/mol. The molecule has 7 nitrogen and oxygen atoms in total. The lowest BCUT2D eigenvalue weighted by Gasteiger charge is -2.30. The average Bonchev–Trinajstić information content (AvgIpc) is 1.51. The van der Waals surface area contributed by atoms with E-state index in [0.29, 0.717) is 23.4 Å². The minimum atomic E-state index is -0.493. The van der Waals surface area contributed by atoms with Crippen LogP contribution in [0.2, 0.25) is 0 Å². The number of hydrogen-bond donors (Lipinski definition) is 0. The van der Waals surface area contributed by atoms with Crippen molar-refractivity contribution in [1.29, 1.82) is 0 Å². The third kappa shape index (κ3) is 8.38. The summed E-state index contributed by atoms with van der Waals surface area (Å²) in [6, 6.07) is 120. The molecule has 7 heteroatoms. The predicted molar refractivity (Wildman–Crippen MR) is 396 cm³/mol. The summed E-state index contributed by atoms with van der Waals surface area (Å²) < 4.78 is 4.62. The van der Waals surface area contributed by atoms with Gasteiger partial charge in [-0.25, -0.2) is 24.9 Å². The third-order valence-electron chi connectivity index (χ3n) is 20.2. The molecule has 0 amide bonds. The molecule has 14 aromatic carbocycles. The highest BCUT2D eigenvalue weighted by Gasteiger charge is 2.52. The molecule has 0 radical (unpaired) electrons. The molecule has 2 aliphatic carbocycles. The van der Waals surface area contributed by atoms with Crippen LogP contribution in [0.1, 0.15) is 22.3 Å². The van der Waals surface area contributed by atoms with Crippen molar-refractivity contribution in [3.8, 4) is 113 Å². The molecule has 4 heterocycles. The van der Waals surface area contributed by atoms with Crippen molar-refractivity contribution >= 4 is 54.5 Å². The first kappa shape index (κ1) is 54.6. The SMILES string of the molecule is c1ccc(-c2ccc(-c3nc(-n4c5ccccc5c5cc(-c6ccc7c(c6)c6ccccc6n7-c6ccc(-c7cccc(-c8nc(-c9ccccc9)nc(-c9cccc%10c9-c9ccccc9C%109c%10ccccc%10-c%10ccccc%109)n8)c7)cc6)ccc54)nc4ccccc34)cc2)cc1. The van der Waals surface area contributed by atoms with Gasteiger partial charge in [-0.2, -0.15) is 0 Å². The fraction of sp³-hybridized carbons (Fsp3) is 0.0111. The first-order valence-corrected chi connectivity index (χ1v) is 33.0. The number of aromatic nitrogens is 7. The van der Waals surface area contributed by atoms with E-state index >= 15 is 0 Å². The summed E-state index contributed by atoms with van der Waals surface area (Å²) in [6.07, 6.45) is 0. The van der Waals surface area contributed by atoms with Gasteiger partial charge >= 0.3 is 0 Å². The first-order chi connectivity index (χ1) is 48.1. The molecule has 97 heavy (non-hydrogen) atoms. The molecule has 20 rings (SSSR count). The zero-order valence-electron chi connectivity index (χ0n) is 52.4. The molecule has 0 saturated heterocycles. The maximum atomic E-state index is 5.45. The van der Waals surface area contributed by atoms with E-state index in [1.165, 1.54) is 55.3 Å². The van der Waals surface area contributed by atoms with Crippen LogP contribution in [0.4, 0.5) is 0 Å². The molecule has 2 aliphatic rings. The second-order valence-corrected chi connectivity index (χ2v) is 25.4. The van der Waals surface area contributed by atoms with Gasteiger partial charge in [0.1, 0.15) is 0 Å². The summed E-state index contributed by atoms with van der Waals surface area (Å²) >= 11 is 0. The van der Waals surface area contributed by atoms with Gasteiger partial charge in [0.25, 0.3) is 0 Å². The van der Waals surface area contributed by atoms with E-state index < -0.39 is 5.41 Å². The Morgan fingerprint density at radius 2 is 0.649 bits per heavy atom. The van der Waals surface area contributed by atoms with E-state index in [2.05, 4.69) is 325 Å². The molecule has 0 atom stereocenters. The number of hydrogen-bond acceptors (Lipinski definition) is 5. The second kappa shape index (κ2) is 21.5. The quantitative estimate of drug-likeness (QED) is 0.144. The van der Waals surface area contributed by atoms with Crippen molar-refractivity contribution in [3.05, 3.63) is 356 Å². The van der Waals surface area contributed by atoms with Gasteiger partial charge in [0, 0.05) is 54.9 Å². The van der Waals surface area contributed by atoms with Crippen molar-refractivity contribution in [1.82, 2.24) is 34.1 Å². The highest BCUT2D eigenvalue weighted by Crippen LogP contribution is 2.64. The van der Waals surface area contributed by atoms with E-state index in [-0.39, 0.29) is 0 Å². The summed E-state index contributed by atoms with van der Waals surface area (Å²) in [5.41, 5.74) is 27.4. The summed E-state index contributed by atoms with van der Waals surface area (Å²) in [7, 11) is 0. The van der Waals surface area contributed by atoms with Crippen molar-refractivity contribution in [2.75, 3.05) is 0 Å². The molecule has 0 fully saturated rings. The number of rotatable bonds is 9. The summed E-state index contributed by atoms with van der Waals surface area (Å²) in [5.74, 6) is 2.50. The summed E-state index contributed by atoms with van der Waals surface area (Å²) in [4.78, 5) is 26.8. The van der Waals surface area contributed by atoms with Crippen LogP contribution in [0.3, 0.4) is 0 Å². The van der Waals surface area contributed by atoms with E-state index in [1.54, 1.807) is 0 Å². The standard InChI is InChI=1S/C90H55N7/c1-3-21-56(22-4-1)57-41-43-59(44-42-57)85-71-32-10-16-38-79(71)91-89(92-85)97-81-40-18-12-30-69(81)74-55-63(48-52-83(74)97)62-47-51-82-73(54-62)68-29-11-17-39-80(68)96(82)65-49-45-58(46-50-65)61-25-19-26-64(53-61)87-93-86(60-23-5-2-6-24-60)94-88(95-87)72-33-20-37-78-84(72)70-31-9-15-36-77(70)90(78)75-34-13-7-27-66(75)67-28-8-14-35-76(67)90/h1-55H. The van der Waals surface area contributed by atoms with Crippen LogP contribution >= 0.6 is 0 Å². The molecule has 18 aromatic rings.